The van der Waals surface area contributed by atoms with Gasteiger partial charge in [-0.1, -0.05) is 27.2 Å². The van der Waals surface area contributed by atoms with Gasteiger partial charge in [0.05, 0.1) is 5.60 Å². The van der Waals surface area contributed by atoms with Gasteiger partial charge < -0.3 is 15.5 Å². The summed E-state index contributed by atoms with van der Waals surface area (Å²) < 4.78 is 0. The van der Waals surface area contributed by atoms with E-state index in [2.05, 4.69) is 38.7 Å². The van der Waals surface area contributed by atoms with Crippen LogP contribution in [0.3, 0.4) is 0 Å². The van der Waals surface area contributed by atoms with Crippen LogP contribution in [0.1, 0.15) is 67.7 Å². The number of aliphatic hydroxyl groups is 1. The predicted molar refractivity (Wildman–Crippen MR) is 104 cm³/mol. The monoisotopic (exact) mass is 369 g/mol. The molecule has 0 rings (SSSR count). The maximum absolute atomic E-state index is 11.6. The second-order valence-corrected chi connectivity index (χ2v) is 7.90. The van der Waals surface area contributed by atoms with Crippen molar-refractivity contribution in [3.05, 3.63) is 0 Å². The first kappa shape index (κ1) is 27.4. The van der Waals surface area contributed by atoms with Crippen LogP contribution < -0.4 is 5.32 Å². The summed E-state index contributed by atoms with van der Waals surface area (Å²) in [6.45, 7) is 13.5. The molecule has 1 amide bonds. The molecule has 0 aromatic heterocycles. The van der Waals surface area contributed by atoms with E-state index in [9.17, 15) is 14.7 Å². The van der Waals surface area contributed by atoms with Crippen molar-refractivity contribution in [1.29, 1.82) is 0 Å². The minimum atomic E-state index is -1.12. The number of hydrogen-bond donors (Lipinski definition) is 4. The molecule has 3 N–H and O–H groups in total. The Morgan fingerprint density at radius 2 is 1.57 bits per heavy atom. The molecule has 140 valence electrons. The summed E-state index contributed by atoms with van der Waals surface area (Å²) in [5, 5.41) is 20.0. The molecule has 0 aliphatic carbocycles. The highest BCUT2D eigenvalue weighted by Crippen LogP contribution is 2.19. The number of nitrogens with one attached hydrogen (secondary N) is 1. The van der Waals surface area contributed by atoms with Gasteiger partial charge in [-0.3, -0.25) is 9.59 Å². The van der Waals surface area contributed by atoms with Crippen molar-refractivity contribution in [3.8, 4) is 0 Å². The van der Waals surface area contributed by atoms with E-state index < -0.39 is 22.4 Å². The Bertz CT molecular complexity index is 352. The summed E-state index contributed by atoms with van der Waals surface area (Å²) in [6, 6.07) is 0. The second kappa shape index (κ2) is 12.0. The number of carbonyl (C=O) groups is 2. The average molecular weight is 370 g/mol. The molecule has 0 radical (unpaired) electrons. The highest BCUT2D eigenvalue weighted by atomic mass is 32.1. The van der Waals surface area contributed by atoms with Crippen LogP contribution in [0.5, 0.6) is 0 Å². The van der Waals surface area contributed by atoms with Gasteiger partial charge in [-0.15, -0.1) is 0 Å². The van der Waals surface area contributed by atoms with E-state index in [-0.39, 0.29) is 25.8 Å². The van der Waals surface area contributed by atoms with E-state index in [4.69, 9.17) is 5.11 Å². The van der Waals surface area contributed by atoms with E-state index >= 15 is 0 Å². The quantitative estimate of drug-likeness (QED) is 0.520. The molecule has 0 saturated carbocycles. The maximum Gasteiger partial charge on any atom is 0.316 e. The van der Waals surface area contributed by atoms with Crippen LogP contribution in [0.15, 0.2) is 0 Å². The van der Waals surface area contributed by atoms with Crippen LogP contribution in [0.4, 0.5) is 0 Å². The fourth-order valence-electron chi connectivity index (χ4n) is 1.82. The molecule has 0 fully saturated rings. The molecule has 1 unspecified atom stereocenters. The van der Waals surface area contributed by atoms with Crippen LogP contribution in [0.25, 0.3) is 0 Å². The first-order valence-corrected chi connectivity index (χ1v) is 8.16. The number of amides is 1. The number of aliphatic carboxylic acids is 1. The number of carbonyl (C=O) groups excluding carboxylic acids is 1. The fraction of sp³-hybridized carbons (Fsp3) is 0.875. The number of thiol groups is 1. The minimum Gasteiger partial charge on any atom is -0.480 e. The predicted octanol–water partition coefficient (Wildman–Crippen LogP) is 2.98. The fourth-order valence-corrected chi connectivity index (χ4v) is 1.98. The van der Waals surface area contributed by atoms with E-state index in [0.717, 1.165) is 5.92 Å². The zero-order valence-electron chi connectivity index (χ0n) is 15.4. The lowest BCUT2D eigenvalue weighted by Crippen LogP contribution is -2.48. The molecule has 0 aliphatic heterocycles. The summed E-state index contributed by atoms with van der Waals surface area (Å²) >= 11 is 3.79. The van der Waals surface area contributed by atoms with E-state index in [0.29, 0.717) is 6.42 Å². The smallest absolute Gasteiger partial charge is 0.316 e. The topological polar surface area (TPSA) is 86.6 Å². The van der Waals surface area contributed by atoms with Gasteiger partial charge in [0.1, 0.15) is 5.25 Å². The first-order chi connectivity index (χ1) is 9.70. The molecule has 0 aromatic carbocycles. The summed E-state index contributed by atoms with van der Waals surface area (Å²) in [5.41, 5.74) is -1.49. The zero-order valence-corrected chi connectivity index (χ0v) is 17.3. The Kier molecular flexibility index (Phi) is 14.4. The van der Waals surface area contributed by atoms with Crippen molar-refractivity contribution < 1.29 is 19.8 Å². The minimum absolute atomic E-state index is 0. The standard InChI is InChI=1S/C11H21NO4S.C5H12.H2S/c1-10(2,6-11(3,4)16)12-8(13)5-7(17)9(14)15;1-4-5(2)3;/h7,16-17H,5-6H2,1-4H3,(H,12,13)(H,14,15);5H,4H2,1-3H3;1H2. The zero-order chi connectivity index (χ0) is 18.1. The van der Waals surface area contributed by atoms with Gasteiger partial charge in [0.2, 0.25) is 5.91 Å². The Morgan fingerprint density at radius 1 is 1.17 bits per heavy atom. The third-order valence-electron chi connectivity index (χ3n) is 2.83. The van der Waals surface area contributed by atoms with Crippen LogP contribution >= 0.6 is 26.1 Å². The third-order valence-corrected chi connectivity index (χ3v) is 3.24. The van der Waals surface area contributed by atoms with Gasteiger partial charge in [0, 0.05) is 12.0 Å². The number of hydrogen-bond acceptors (Lipinski definition) is 4. The summed E-state index contributed by atoms with van der Waals surface area (Å²) in [7, 11) is 0. The average Bonchev–Trinajstić information content (AvgIpc) is 2.24. The Balaban J connectivity index is -0.000000578. The number of rotatable bonds is 7. The van der Waals surface area contributed by atoms with Crippen molar-refractivity contribution in [3.63, 3.8) is 0 Å². The lowest BCUT2D eigenvalue weighted by atomic mass is 9.89. The molecule has 0 spiro atoms. The molecule has 7 heteroatoms. The van der Waals surface area contributed by atoms with Crippen molar-refractivity contribution in [1.82, 2.24) is 5.32 Å². The van der Waals surface area contributed by atoms with Gasteiger partial charge in [0.15, 0.2) is 0 Å². The summed E-state index contributed by atoms with van der Waals surface area (Å²) in [6.07, 6.45) is 1.49. The van der Waals surface area contributed by atoms with Gasteiger partial charge in [0.25, 0.3) is 0 Å². The molecule has 0 saturated heterocycles. The molecule has 23 heavy (non-hydrogen) atoms. The van der Waals surface area contributed by atoms with Crippen molar-refractivity contribution in [2.24, 2.45) is 5.92 Å². The molecular formula is C16H35NO4S2. The molecule has 5 nitrogen and oxygen atoms in total. The van der Waals surface area contributed by atoms with Crippen molar-refractivity contribution in [2.75, 3.05) is 0 Å². The second-order valence-electron chi connectivity index (χ2n) is 7.28. The van der Waals surface area contributed by atoms with E-state index in [1.807, 2.05) is 0 Å². The Hall–Kier alpha value is -0.400. The van der Waals surface area contributed by atoms with Crippen LogP contribution in [0.2, 0.25) is 0 Å². The third kappa shape index (κ3) is 19.6. The van der Waals surface area contributed by atoms with Gasteiger partial charge in [-0.2, -0.15) is 26.1 Å². The molecule has 0 aromatic rings. The Labute approximate surface area is 153 Å². The van der Waals surface area contributed by atoms with Gasteiger partial charge in [-0.25, -0.2) is 0 Å². The van der Waals surface area contributed by atoms with Crippen LogP contribution in [-0.2, 0) is 9.59 Å². The Morgan fingerprint density at radius 3 is 1.83 bits per heavy atom. The molecular weight excluding hydrogens is 334 g/mol. The molecule has 0 bridgehead atoms. The highest BCUT2D eigenvalue weighted by molar-refractivity contribution is 7.81. The lowest BCUT2D eigenvalue weighted by Gasteiger charge is -2.32. The lowest BCUT2D eigenvalue weighted by molar-refractivity contribution is -0.138. The van der Waals surface area contributed by atoms with Crippen LogP contribution in [-0.4, -0.2) is 38.5 Å². The SMILES string of the molecule is CC(C)(O)CC(C)(C)NC(=O)CC(S)C(=O)O.CCC(C)C.S. The normalized spacial score (nSPS) is 12.6. The number of carboxylic acids is 1. The number of carboxylic acid groups (broad SMARTS) is 1. The highest BCUT2D eigenvalue weighted by Gasteiger charge is 2.29. The summed E-state index contributed by atoms with van der Waals surface area (Å²) in [4.78, 5) is 22.1. The van der Waals surface area contributed by atoms with Gasteiger partial charge in [-0.05, 0) is 40.0 Å². The molecule has 0 heterocycles. The van der Waals surface area contributed by atoms with E-state index in [1.54, 1.807) is 27.7 Å². The first-order valence-electron chi connectivity index (χ1n) is 7.64. The van der Waals surface area contributed by atoms with Crippen LogP contribution in [0, 0.1) is 5.92 Å². The van der Waals surface area contributed by atoms with Crippen molar-refractivity contribution >= 4 is 38.0 Å². The largest absolute Gasteiger partial charge is 0.480 e. The van der Waals surface area contributed by atoms with Crippen molar-refractivity contribution in [2.45, 2.75) is 84.1 Å². The molecule has 1 atom stereocenters. The summed E-state index contributed by atoms with van der Waals surface area (Å²) in [5.74, 6) is -0.625. The van der Waals surface area contributed by atoms with Gasteiger partial charge >= 0.3 is 5.97 Å². The molecule has 0 aliphatic rings. The maximum atomic E-state index is 11.6. The van der Waals surface area contributed by atoms with E-state index in [1.165, 1.54) is 6.42 Å².